The number of carbonyl (C=O) groups is 1. The number of hydrogen-bond donors (Lipinski definition) is 1. The molecule has 4 nitrogen and oxygen atoms in total. The summed E-state index contributed by atoms with van der Waals surface area (Å²) in [6.07, 6.45) is 3.72. The van der Waals surface area contributed by atoms with Crippen molar-refractivity contribution in [2.45, 2.75) is 25.3 Å². The molecule has 1 atom stereocenters. The first-order chi connectivity index (χ1) is 9.19. The van der Waals surface area contributed by atoms with Gasteiger partial charge in [0.2, 0.25) is 5.91 Å². The smallest absolute Gasteiger partial charge is 0.227 e. The zero-order chi connectivity index (χ0) is 13.7. The third-order valence-corrected chi connectivity index (χ3v) is 3.80. The predicted molar refractivity (Wildman–Crippen MR) is 76.2 cm³/mol. The molecule has 0 aliphatic carbocycles. The number of aromatic nitrogens is 2. The summed E-state index contributed by atoms with van der Waals surface area (Å²) in [7, 11) is 0. The quantitative estimate of drug-likeness (QED) is 0.863. The summed E-state index contributed by atoms with van der Waals surface area (Å²) < 4.78 is 0. The molecule has 2 aromatic heterocycles. The van der Waals surface area contributed by atoms with Gasteiger partial charge in [-0.3, -0.25) is 9.78 Å². The number of pyridine rings is 1. The summed E-state index contributed by atoms with van der Waals surface area (Å²) in [5, 5.41) is 5.60. The van der Waals surface area contributed by atoms with Crippen molar-refractivity contribution in [3.05, 3.63) is 46.2 Å². The molecule has 0 aliphatic heterocycles. The molecule has 1 N–H and O–H groups in total. The number of alkyl halides is 1. The Labute approximate surface area is 120 Å². The third kappa shape index (κ3) is 4.01. The van der Waals surface area contributed by atoms with Crippen LogP contribution >= 0.6 is 22.9 Å². The molecule has 6 heteroatoms. The van der Waals surface area contributed by atoms with Crippen molar-refractivity contribution >= 4 is 28.8 Å². The summed E-state index contributed by atoms with van der Waals surface area (Å²) in [4.78, 5) is 20.1. The highest BCUT2D eigenvalue weighted by molar-refractivity contribution is 7.09. The Bertz CT molecular complexity index is 544. The number of thiazole rings is 1. The number of nitrogens with one attached hydrogen (secondary N) is 1. The zero-order valence-electron chi connectivity index (χ0n) is 10.5. The van der Waals surface area contributed by atoms with Crippen molar-refractivity contribution in [1.82, 2.24) is 15.3 Å². The number of amides is 1. The average molecular weight is 296 g/mol. The van der Waals surface area contributed by atoms with E-state index in [0.717, 1.165) is 16.3 Å². The molecule has 100 valence electrons. The molecule has 0 radical (unpaired) electrons. The Morgan fingerprint density at radius 1 is 1.47 bits per heavy atom. The SMILES string of the molecule is CC(NC(=O)Cc1nc(CCl)cs1)c1ccncc1. The second-order valence-corrected chi connectivity index (χ2v) is 5.32. The summed E-state index contributed by atoms with van der Waals surface area (Å²) >= 11 is 7.14. The predicted octanol–water partition coefficient (Wildman–Crippen LogP) is 2.70. The van der Waals surface area contributed by atoms with Crippen molar-refractivity contribution in [2.24, 2.45) is 0 Å². The van der Waals surface area contributed by atoms with Crippen LogP contribution in [0.2, 0.25) is 0 Å². The average Bonchev–Trinajstić information content (AvgIpc) is 2.87. The lowest BCUT2D eigenvalue weighted by molar-refractivity contribution is -0.121. The second-order valence-electron chi connectivity index (χ2n) is 4.11. The number of carbonyl (C=O) groups excluding carboxylic acids is 1. The van der Waals surface area contributed by atoms with Crippen molar-refractivity contribution in [3.63, 3.8) is 0 Å². The first-order valence-electron chi connectivity index (χ1n) is 5.87. The fourth-order valence-corrected chi connectivity index (χ4v) is 2.68. The normalized spacial score (nSPS) is 12.1. The van der Waals surface area contributed by atoms with Crippen LogP contribution in [0.1, 0.15) is 29.2 Å². The van der Waals surface area contributed by atoms with Crippen molar-refractivity contribution in [2.75, 3.05) is 0 Å². The van der Waals surface area contributed by atoms with Gasteiger partial charge < -0.3 is 5.32 Å². The number of rotatable bonds is 5. The fraction of sp³-hybridized carbons (Fsp3) is 0.308. The molecule has 19 heavy (non-hydrogen) atoms. The van der Waals surface area contributed by atoms with Crippen LogP contribution in [0, 0.1) is 0 Å². The first-order valence-corrected chi connectivity index (χ1v) is 7.29. The zero-order valence-corrected chi connectivity index (χ0v) is 12.0. The maximum atomic E-state index is 11.9. The minimum absolute atomic E-state index is 0.0389. The first kappa shape index (κ1) is 14.0. The molecule has 0 aliphatic rings. The molecule has 0 saturated carbocycles. The van der Waals surface area contributed by atoms with Gasteiger partial charge in [0.05, 0.1) is 24.0 Å². The van der Waals surface area contributed by atoms with Gasteiger partial charge in [0.25, 0.3) is 0 Å². The molecular weight excluding hydrogens is 282 g/mol. The molecule has 2 rings (SSSR count). The number of hydrogen-bond acceptors (Lipinski definition) is 4. The lowest BCUT2D eigenvalue weighted by atomic mass is 10.1. The Balaban J connectivity index is 1.91. The van der Waals surface area contributed by atoms with Crippen LogP contribution in [0.15, 0.2) is 29.9 Å². The van der Waals surface area contributed by atoms with Crippen LogP contribution < -0.4 is 5.32 Å². The van der Waals surface area contributed by atoms with Crippen molar-refractivity contribution in [1.29, 1.82) is 0 Å². The van der Waals surface area contributed by atoms with Gasteiger partial charge in [0, 0.05) is 17.8 Å². The topological polar surface area (TPSA) is 54.9 Å². The highest BCUT2D eigenvalue weighted by atomic mass is 35.5. The molecule has 0 saturated heterocycles. The van der Waals surface area contributed by atoms with Crippen molar-refractivity contribution in [3.8, 4) is 0 Å². The summed E-state index contributed by atoms with van der Waals surface area (Å²) in [5.41, 5.74) is 1.85. The van der Waals surface area contributed by atoms with Gasteiger partial charge in [-0.1, -0.05) is 0 Å². The number of nitrogens with zero attached hydrogens (tertiary/aromatic N) is 2. The van der Waals surface area contributed by atoms with Crippen LogP contribution in [0.25, 0.3) is 0 Å². The molecule has 0 aromatic carbocycles. The van der Waals surface area contributed by atoms with E-state index in [1.165, 1.54) is 11.3 Å². The van der Waals surface area contributed by atoms with Crippen LogP contribution in [-0.2, 0) is 17.1 Å². The highest BCUT2D eigenvalue weighted by Gasteiger charge is 2.11. The van der Waals surface area contributed by atoms with Crippen LogP contribution in [0.4, 0.5) is 0 Å². The van der Waals surface area contributed by atoms with E-state index in [4.69, 9.17) is 11.6 Å². The van der Waals surface area contributed by atoms with Crippen LogP contribution in [-0.4, -0.2) is 15.9 Å². The maximum Gasteiger partial charge on any atom is 0.227 e. The fourth-order valence-electron chi connectivity index (χ4n) is 1.66. The van der Waals surface area contributed by atoms with E-state index in [1.54, 1.807) is 12.4 Å². The number of halogens is 1. The van der Waals surface area contributed by atoms with E-state index < -0.39 is 0 Å². The van der Waals surface area contributed by atoms with Gasteiger partial charge >= 0.3 is 0 Å². The molecule has 0 spiro atoms. The Morgan fingerprint density at radius 2 is 2.21 bits per heavy atom. The van der Waals surface area contributed by atoms with Gasteiger partial charge in [-0.05, 0) is 24.6 Å². The summed E-state index contributed by atoms with van der Waals surface area (Å²) in [6.45, 7) is 1.94. The largest absolute Gasteiger partial charge is 0.349 e. The van der Waals surface area contributed by atoms with Gasteiger partial charge in [-0.25, -0.2) is 4.98 Å². The Morgan fingerprint density at radius 3 is 2.84 bits per heavy atom. The van der Waals surface area contributed by atoms with Crippen molar-refractivity contribution < 1.29 is 4.79 Å². The van der Waals surface area contributed by atoms with E-state index in [0.29, 0.717) is 5.88 Å². The minimum Gasteiger partial charge on any atom is -0.349 e. The van der Waals surface area contributed by atoms with Gasteiger partial charge in [-0.15, -0.1) is 22.9 Å². The summed E-state index contributed by atoms with van der Waals surface area (Å²) in [6, 6.07) is 3.74. The Kier molecular flexibility index (Phi) is 4.87. The second kappa shape index (κ2) is 6.63. The lowest BCUT2D eigenvalue weighted by Crippen LogP contribution is -2.28. The maximum absolute atomic E-state index is 11.9. The molecule has 2 heterocycles. The third-order valence-electron chi connectivity index (χ3n) is 2.63. The van der Waals surface area contributed by atoms with Crippen LogP contribution in [0.3, 0.4) is 0 Å². The molecule has 0 bridgehead atoms. The lowest BCUT2D eigenvalue weighted by Gasteiger charge is -2.13. The molecule has 0 fully saturated rings. The minimum atomic E-state index is -0.0419. The van der Waals surface area contributed by atoms with E-state index in [2.05, 4.69) is 15.3 Å². The highest BCUT2D eigenvalue weighted by Crippen LogP contribution is 2.14. The van der Waals surface area contributed by atoms with Gasteiger partial charge in [0.15, 0.2) is 0 Å². The van der Waals surface area contributed by atoms with E-state index in [-0.39, 0.29) is 18.4 Å². The van der Waals surface area contributed by atoms with Gasteiger partial charge in [0.1, 0.15) is 5.01 Å². The van der Waals surface area contributed by atoms with E-state index in [1.807, 2.05) is 24.4 Å². The molecule has 1 amide bonds. The standard InChI is InChI=1S/C13H14ClN3OS/c1-9(10-2-4-15-5-3-10)16-12(18)6-13-17-11(7-14)8-19-13/h2-5,8-9H,6-7H2,1H3,(H,16,18). The molecule has 1 unspecified atom stereocenters. The van der Waals surface area contributed by atoms with Crippen LogP contribution in [0.5, 0.6) is 0 Å². The monoisotopic (exact) mass is 295 g/mol. The molecular formula is C13H14ClN3OS. The molecule has 2 aromatic rings. The van der Waals surface area contributed by atoms with E-state index in [9.17, 15) is 4.79 Å². The Hall–Kier alpha value is -1.46. The van der Waals surface area contributed by atoms with Gasteiger partial charge in [-0.2, -0.15) is 0 Å². The summed E-state index contributed by atoms with van der Waals surface area (Å²) in [5.74, 6) is 0.339. The van der Waals surface area contributed by atoms with E-state index >= 15 is 0 Å².